The summed E-state index contributed by atoms with van der Waals surface area (Å²) >= 11 is 1.47. The third-order valence-corrected chi connectivity index (χ3v) is 17.7. The molecule has 18 nitrogen and oxygen atoms in total. The van der Waals surface area contributed by atoms with Crippen LogP contribution < -0.4 is 26.6 Å². The van der Waals surface area contributed by atoms with Crippen molar-refractivity contribution in [1.82, 2.24) is 45.4 Å². The normalized spacial score (nSPS) is 21.7. The van der Waals surface area contributed by atoms with Gasteiger partial charge in [-0.25, -0.2) is 13.8 Å². The molecular formula is C60H80F2N12O6S. The van der Waals surface area contributed by atoms with Gasteiger partial charge in [-0.1, -0.05) is 38.3 Å². The second kappa shape index (κ2) is 28.3. The van der Waals surface area contributed by atoms with Crippen molar-refractivity contribution in [3.63, 3.8) is 0 Å². The first-order valence-corrected chi connectivity index (χ1v) is 29.9. The molecule has 0 aliphatic carbocycles. The number of nitrogens with zero attached hydrogens (tertiary/aromatic N) is 8. The van der Waals surface area contributed by atoms with E-state index in [-0.39, 0.29) is 66.3 Å². The molecule has 0 spiro atoms. The van der Waals surface area contributed by atoms with E-state index in [9.17, 15) is 37.5 Å². The van der Waals surface area contributed by atoms with Crippen molar-refractivity contribution in [2.75, 3.05) is 63.2 Å². The number of unbranched alkanes of at least 4 members (excludes halogenated alkanes) is 5. The van der Waals surface area contributed by atoms with Crippen molar-refractivity contribution >= 4 is 63.6 Å². The van der Waals surface area contributed by atoms with Crippen LogP contribution in [0.15, 0.2) is 77.7 Å². The molecule has 3 saturated heterocycles. The smallest absolute Gasteiger partial charge is 0.246 e. The number of thioether (sulfide) groups is 1. The van der Waals surface area contributed by atoms with Gasteiger partial charge in [0.2, 0.25) is 29.5 Å². The van der Waals surface area contributed by atoms with Crippen LogP contribution in [-0.4, -0.2) is 153 Å². The highest BCUT2D eigenvalue weighted by molar-refractivity contribution is 8.14. The van der Waals surface area contributed by atoms with E-state index >= 15 is 0 Å². The first kappa shape index (κ1) is 60.4. The molecule has 0 radical (unpaired) electrons. The van der Waals surface area contributed by atoms with Gasteiger partial charge in [0, 0.05) is 93.4 Å². The largest absolute Gasteiger partial charge is 0.382 e. The zero-order valence-electron chi connectivity index (χ0n) is 47.4. The number of nitrogens with one attached hydrogen (secondary N) is 3. The standard InChI is InChI=1S/C60H80F2N12O6S/c1-38-33-45(62)15-12-20-52(76)70(5)36-46-54(43-34-50(57(63)66-35-43)72-28-13-16-48(38)72)40(3)74(69-46)32-27-65-51(75)18-10-8-6-7-9-11-19-53(77)71-30-25-41(26-31-71)55(68-58(79)39(2)64-4)60(80)73-29-14-17-49(73)59-67-47(37-81-59)56(78)42-21-23-44(61)24-22-42/h12,15,21-24,33-35,39,41,47-49,55,64H,1,6-11,13-14,16-20,25-32,36-37H2,2-5H3,(H2,63,66)(H,65,75)(H,68,79)/b15-12-,45-33+/t39-,47?,48-,49-,55-/m1/s1. The van der Waals surface area contributed by atoms with Crippen LogP contribution in [0.3, 0.4) is 0 Å². The molecule has 5 atom stereocenters. The van der Waals surface area contributed by atoms with Crippen LogP contribution in [0, 0.1) is 18.7 Å². The fourth-order valence-electron chi connectivity index (χ4n) is 11.7. The molecule has 21 heteroatoms. The summed E-state index contributed by atoms with van der Waals surface area (Å²) in [5.74, 6) is -1.04. The van der Waals surface area contributed by atoms with Gasteiger partial charge in [0.25, 0.3) is 0 Å². The number of carbonyl (C=O) groups is 6. The molecule has 1 aromatic carbocycles. The number of likely N-dealkylation sites (tertiary alicyclic amines) is 2. The van der Waals surface area contributed by atoms with Crippen molar-refractivity contribution in [2.24, 2.45) is 10.9 Å². The Morgan fingerprint density at radius 1 is 0.926 bits per heavy atom. The lowest BCUT2D eigenvalue weighted by Crippen LogP contribution is -2.58. The van der Waals surface area contributed by atoms with Crippen molar-refractivity contribution in [2.45, 2.75) is 153 Å². The van der Waals surface area contributed by atoms with Gasteiger partial charge in [-0.05, 0) is 126 Å². The quantitative estimate of drug-likeness (QED) is 0.0651. The first-order chi connectivity index (χ1) is 39.0. The molecule has 2 aromatic heterocycles. The van der Waals surface area contributed by atoms with E-state index in [1.807, 2.05) is 27.5 Å². The van der Waals surface area contributed by atoms with E-state index in [2.05, 4.69) is 32.4 Å². The number of amides is 5. The maximum atomic E-state index is 14.9. The van der Waals surface area contributed by atoms with Gasteiger partial charge in [-0.2, -0.15) is 5.10 Å². The van der Waals surface area contributed by atoms with E-state index < -0.39 is 29.8 Å². The maximum Gasteiger partial charge on any atom is 0.246 e. The molecule has 1 unspecified atom stereocenters. The van der Waals surface area contributed by atoms with E-state index in [0.29, 0.717) is 99.8 Å². The number of aliphatic imine (C=N–C) groups is 1. The lowest BCUT2D eigenvalue weighted by Gasteiger charge is -2.38. The third kappa shape index (κ3) is 15.2. The summed E-state index contributed by atoms with van der Waals surface area (Å²) in [6, 6.07) is 5.08. The van der Waals surface area contributed by atoms with Gasteiger partial charge in [0.1, 0.15) is 29.5 Å². The predicted octanol–water partition coefficient (Wildman–Crippen LogP) is 7.23. The molecular weight excluding hydrogens is 1050 g/mol. The SMILES string of the molecule is C=C1/C=C(F)\C=C/CC(=O)N(C)Cc2nn(CCNC(=O)CCCCCCCCC(=O)N3CCC([C@@H](NC(=O)[C@@H](C)NC)C(=O)N4CCC[C@@H]4C4=NC(C(=O)c5ccc(F)cc5)CS4)CC3)c(C)c2-c2cnc(N)c(c2)N2CCC[C@H]12. The predicted molar refractivity (Wildman–Crippen MR) is 312 cm³/mol. The average Bonchev–Trinajstić information content (AvgIpc) is 4.33. The maximum absolute atomic E-state index is 14.9. The number of carbonyl (C=O) groups excluding carboxylic acids is 6. The molecule has 3 aromatic rings. The Labute approximate surface area is 478 Å². The summed E-state index contributed by atoms with van der Waals surface area (Å²) in [7, 11) is 3.39. The Balaban J connectivity index is 0.759. The number of ketones is 1. The molecule has 5 aliphatic heterocycles. The average molecular weight is 1140 g/mol. The van der Waals surface area contributed by atoms with Crippen molar-refractivity contribution in [1.29, 1.82) is 0 Å². The lowest BCUT2D eigenvalue weighted by molar-refractivity contribution is -0.139. The first-order valence-electron chi connectivity index (χ1n) is 28.9. The van der Waals surface area contributed by atoms with Crippen LogP contribution >= 0.6 is 11.8 Å². The molecule has 81 heavy (non-hydrogen) atoms. The highest BCUT2D eigenvalue weighted by Crippen LogP contribution is 2.38. The van der Waals surface area contributed by atoms with Crippen LogP contribution in [0.4, 0.5) is 20.3 Å². The number of nitrogen functional groups attached to an aromatic ring is 1. The molecule has 5 amide bonds. The number of allylic oxidation sites excluding steroid dienone is 2. The fourth-order valence-corrected chi connectivity index (χ4v) is 12.9. The molecule has 7 heterocycles. The van der Waals surface area contributed by atoms with Crippen molar-refractivity contribution in [3.05, 3.63) is 95.5 Å². The van der Waals surface area contributed by atoms with Crippen LogP contribution in [-0.2, 0) is 37.1 Å². The van der Waals surface area contributed by atoms with Crippen LogP contribution in [0.25, 0.3) is 11.1 Å². The molecule has 2 bridgehead atoms. The minimum Gasteiger partial charge on any atom is -0.382 e. The number of nitrogens with two attached hydrogens (primary N) is 1. The highest BCUT2D eigenvalue weighted by Gasteiger charge is 2.43. The zero-order valence-corrected chi connectivity index (χ0v) is 48.2. The Morgan fingerprint density at radius 2 is 1.63 bits per heavy atom. The van der Waals surface area contributed by atoms with Crippen LogP contribution in [0.2, 0.25) is 0 Å². The van der Waals surface area contributed by atoms with Crippen molar-refractivity contribution < 1.29 is 37.5 Å². The van der Waals surface area contributed by atoms with E-state index in [0.717, 1.165) is 85.3 Å². The van der Waals surface area contributed by atoms with Gasteiger partial charge < -0.3 is 41.3 Å². The number of piperidine rings is 1. The van der Waals surface area contributed by atoms with E-state index in [4.69, 9.17) is 15.8 Å². The summed E-state index contributed by atoms with van der Waals surface area (Å²) in [6.07, 6.45) is 16.3. The number of Topliss-reactive ketones (excluding diaryl/α,β-unsaturated/α-hetero) is 1. The van der Waals surface area contributed by atoms with E-state index in [1.54, 1.807) is 32.1 Å². The molecule has 5 aliphatic rings. The summed E-state index contributed by atoms with van der Waals surface area (Å²) in [6.45, 7) is 11.1. The number of aromatic nitrogens is 3. The summed E-state index contributed by atoms with van der Waals surface area (Å²) in [5.41, 5.74) is 11.4. The number of hydrogen-bond acceptors (Lipinski definition) is 13. The van der Waals surface area contributed by atoms with Gasteiger partial charge >= 0.3 is 0 Å². The number of benzene rings is 1. The highest BCUT2D eigenvalue weighted by atomic mass is 32.2. The zero-order chi connectivity index (χ0) is 57.7. The fraction of sp³-hybridized carbons (Fsp3) is 0.550. The second-order valence-corrected chi connectivity index (χ2v) is 23.2. The summed E-state index contributed by atoms with van der Waals surface area (Å²) < 4.78 is 30.3. The number of pyridine rings is 1. The van der Waals surface area contributed by atoms with Gasteiger partial charge in [0.15, 0.2) is 5.78 Å². The van der Waals surface area contributed by atoms with Gasteiger partial charge in [-0.15, -0.1) is 11.8 Å². The number of anilines is 2. The number of rotatable bonds is 20. The van der Waals surface area contributed by atoms with Crippen LogP contribution in [0.1, 0.15) is 125 Å². The Hall–Kier alpha value is -6.74. The molecule has 3 fully saturated rings. The van der Waals surface area contributed by atoms with E-state index in [1.165, 1.54) is 54.3 Å². The summed E-state index contributed by atoms with van der Waals surface area (Å²) in [5, 5.41) is 14.8. The number of hydrogen-bond donors (Lipinski definition) is 4. The molecule has 0 saturated carbocycles. The monoisotopic (exact) mass is 1130 g/mol. The lowest BCUT2D eigenvalue weighted by atomic mass is 9.87. The third-order valence-electron chi connectivity index (χ3n) is 16.5. The Morgan fingerprint density at radius 3 is 2.37 bits per heavy atom. The molecule has 8 rings (SSSR count). The van der Waals surface area contributed by atoms with Gasteiger partial charge in [-0.3, -0.25) is 38.4 Å². The number of halogens is 2. The minimum atomic E-state index is -0.776. The van der Waals surface area contributed by atoms with Crippen molar-refractivity contribution in [3.8, 4) is 11.1 Å². The number of likely N-dealkylation sites (N-methyl/N-ethyl adjacent to an activating group) is 1. The topological polar surface area (TPSA) is 221 Å². The summed E-state index contributed by atoms with van der Waals surface area (Å²) in [4.78, 5) is 97.4. The molecule has 436 valence electrons. The Bertz CT molecular complexity index is 2880. The van der Waals surface area contributed by atoms with Crippen LogP contribution in [0.5, 0.6) is 0 Å². The minimum absolute atomic E-state index is 0.0173. The second-order valence-electron chi connectivity index (χ2n) is 22.1. The number of fused-ring (bicyclic) bond motifs is 6. The van der Waals surface area contributed by atoms with Gasteiger partial charge in [0.05, 0.1) is 47.6 Å². The Kier molecular flexibility index (Phi) is 21.1. The molecule has 5 N–H and O–H groups in total.